The number of benzene rings is 7. The van der Waals surface area contributed by atoms with Gasteiger partial charge in [0.15, 0.2) is 0 Å². The molecule has 0 unspecified atom stereocenters. The lowest BCUT2D eigenvalue weighted by Gasteiger charge is -2.15. The summed E-state index contributed by atoms with van der Waals surface area (Å²) in [6.07, 6.45) is 24.6. The maximum Gasteiger partial charge on any atom is 0.488 e. The minimum absolute atomic E-state index is 0. The Kier molecular flexibility index (Phi) is 45.4. The summed E-state index contributed by atoms with van der Waals surface area (Å²) in [7, 11) is 1.24. The van der Waals surface area contributed by atoms with Crippen molar-refractivity contribution in [2.24, 2.45) is 0 Å². The van der Waals surface area contributed by atoms with Gasteiger partial charge in [0.1, 0.15) is 33.9 Å². The van der Waals surface area contributed by atoms with Gasteiger partial charge in [0.05, 0.1) is 43.5 Å². The highest BCUT2D eigenvalue weighted by Crippen LogP contribution is 2.28. The minimum atomic E-state index is -1.51. The molecule has 0 amide bonds. The Morgan fingerprint density at radius 3 is 1.66 bits per heavy atom. The smallest absolute Gasteiger partial charge is 0.488 e. The zero-order valence-corrected chi connectivity index (χ0v) is 68.3. The number of rotatable bonds is 24. The molecule has 114 heavy (non-hydrogen) atoms. The molecule has 12 rings (SSSR count). The fraction of sp³-hybridized carbons (Fsp3) is 0.186. The number of aromatic nitrogens is 8. The van der Waals surface area contributed by atoms with Crippen molar-refractivity contribution in [3.63, 3.8) is 0 Å². The number of alkyl halides is 1. The molecule has 7 aromatic carbocycles. The lowest BCUT2D eigenvalue weighted by atomic mass is 9.80. The molecule has 0 aliphatic carbocycles. The van der Waals surface area contributed by atoms with Crippen molar-refractivity contribution in [1.82, 2.24) is 49.7 Å². The van der Waals surface area contributed by atoms with Crippen molar-refractivity contribution < 1.29 is 44.2 Å². The first kappa shape index (κ1) is 94.0. The van der Waals surface area contributed by atoms with Gasteiger partial charge in [0.25, 0.3) is 0 Å². The summed E-state index contributed by atoms with van der Waals surface area (Å²) in [5.41, 5.74) is 10.5. The van der Waals surface area contributed by atoms with Crippen LogP contribution in [0.4, 0.5) is 23.3 Å². The summed E-state index contributed by atoms with van der Waals surface area (Å²) < 4.78 is 22.6. The first-order chi connectivity index (χ1) is 54.9. The fourth-order valence-electron chi connectivity index (χ4n) is 9.86. The highest BCUT2D eigenvalue weighted by atomic mass is 79.9. The molecule has 0 atom stereocenters. The summed E-state index contributed by atoms with van der Waals surface area (Å²) in [6.45, 7) is 24.2. The van der Waals surface area contributed by atoms with Gasteiger partial charge in [0, 0.05) is 84.4 Å². The lowest BCUT2D eigenvalue weighted by Crippen LogP contribution is -2.29. The Hall–Kier alpha value is -10.6. The Morgan fingerprint density at radius 2 is 1.10 bits per heavy atom. The highest BCUT2D eigenvalue weighted by molar-refractivity contribution is 9.09. The molecule has 594 valence electrons. The SMILES string of the molecule is C=CCCBr.C=CCCOc1cccc(-c2ccnc(Cl)n2)c1.C=CCCOc1cccc(-c2ccnc(Nc3cccc(CN(C)CC=C)c3)n2)c1.C=CCCOc1cccc(B(O)O)c1.CN1C/C=C/CCOc2cccc(c2)-c2ccnc(n2)Nc2cccc(c2)C1.Cl.Clc1ccnc(Cl)n1.OB(O)c1cccc(O)c1. The van der Waals surface area contributed by atoms with E-state index < -0.39 is 14.2 Å². The van der Waals surface area contributed by atoms with E-state index in [1.54, 1.807) is 61.1 Å². The molecule has 1 aliphatic rings. The van der Waals surface area contributed by atoms with Gasteiger partial charge in [-0.3, -0.25) is 9.80 Å². The van der Waals surface area contributed by atoms with Crippen molar-refractivity contribution in [3.05, 3.63) is 321 Å². The number of likely N-dealkylation sites (N-methyl/N-ethyl adjacent to an activating group) is 2. The van der Waals surface area contributed by atoms with Crippen molar-refractivity contribution in [2.75, 3.05) is 69.6 Å². The van der Waals surface area contributed by atoms with E-state index in [1.807, 2.05) is 133 Å². The number of ether oxygens (including phenoxy) is 4. The minimum Gasteiger partial charge on any atom is -0.508 e. The molecular weight excluding hydrogens is 1590 g/mol. The van der Waals surface area contributed by atoms with Gasteiger partial charge in [-0.15, -0.1) is 45.3 Å². The quantitative estimate of drug-likeness (QED) is 0.00740. The van der Waals surface area contributed by atoms with E-state index in [4.69, 9.17) is 79.0 Å². The van der Waals surface area contributed by atoms with Gasteiger partial charge in [-0.2, -0.15) is 0 Å². The van der Waals surface area contributed by atoms with Crippen LogP contribution >= 0.6 is 63.1 Å². The first-order valence-corrected chi connectivity index (χ1v) is 38.2. The largest absolute Gasteiger partial charge is 0.508 e. The Balaban J connectivity index is 0.000000253. The van der Waals surface area contributed by atoms with Crippen LogP contribution in [0.3, 0.4) is 0 Å². The number of aromatic hydroxyl groups is 1. The number of anilines is 4. The number of nitrogens with zero attached hydrogens (tertiary/aromatic N) is 10. The standard InChI is InChI=1S/C25H28N4O.C23H24N4O.C14H13ClN2O.C10H13BO3.C6H7BO3.C4H7Br.C4H2Cl2N2.ClH/c1-4-6-16-30-23-12-8-10-21(18-23)24-13-14-26-25(28-24)27-22-11-7-9-20(17-22)19-29(3)15-5-2;1-27-13-3-2-4-14-28-21-10-6-8-19(16-21)22-11-12-24-23(26-22)25-20-9-5-7-18(15-20)17-27;1-2-3-9-18-12-6-4-5-11(10-12)13-7-8-16-14(15)17-13;1-2-3-7-14-10-6-4-5-9(8-10)11(12)13;8-6-3-1-2-5(4-6)7(9)10;1-2-3-4-5;5-3-1-2-7-4(6)8-3;/h4-5,7-14,17-18H,1-2,6,15-16,19H2,3H3,(H,26,27,28);2-3,5-12,15-16H,4,13-14,17H2,1H3,(H,24,25,26);2,4-8,10H,1,3,9H2;2,4-6,8,12-13H,1,3,7H2;1-4,8-10H;2H,1,3-4H2;1-2H;1H/b;3-2+;;;;;;. The average Bonchev–Trinajstić information content (AvgIpc) is 0.825. The molecule has 1 aliphatic heterocycles. The second-order valence-corrected chi connectivity index (χ2v) is 26.2. The third-order valence-corrected chi connectivity index (χ3v) is 16.2. The van der Waals surface area contributed by atoms with Crippen molar-refractivity contribution in [1.29, 1.82) is 0 Å². The molecule has 0 fully saturated rings. The third-order valence-electron chi connectivity index (χ3n) is 15.2. The summed E-state index contributed by atoms with van der Waals surface area (Å²) in [4.78, 5) is 37.8. The molecule has 4 aromatic heterocycles. The van der Waals surface area contributed by atoms with Crippen LogP contribution in [0.1, 0.15) is 43.2 Å². The maximum atomic E-state index is 8.90. The van der Waals surface area contributed by atoms with Gasteiger partial charge in [-0.25, -0.2) is 39.9 Å². The van der Waals surface area contributed by atoms with E-state index in [0.717, 1.165) is 126 Å². The van der Waals surface area contributed by atoms with Crippen molar-refractivity contribution in [3.8, 4) is 62.5 Å². The lowest BCUT2D eigenvalue weighted by molar-refractivity contribution is 0.324. The van der Waals surface area contributed by atoms with Crippen LogP contribution in [-0.2, 0) is 13.1 Å². The molecule has 0 saturated carbocycles. The molecule has 11 aromatic rings. The predicted octanol–water partition coefficient (Wildman–Crippen LogP) is 17.4. The highest BCUT2D eigenvalue weighted by Gasteiger charge is 2.14. The zero-order chi connectivity index (χ0) is 81.2. The number of allylic oxidation sites excluding steroid dienone is 1. The van der Waals surface area contributed by atoms with E-state index >= 15 is 0 Å². The number of hydrogen-bond donors (Lipinski definition) is 7. The monoisotopic (exact) mass is 1680 g/mol. The van der Waals surface area contributed by atoms with E-state index in [9.17, 15) is 0 Å². The molecule has 0 saturated heterocycles. The van der Waals surface area contributed by atoms with Gasteiger partial charge >= 0.3 is 14.2 Å². The molecule has 28 heteroatoms. The average molecular weight is 1680 g/mol. The van der Waals surface area contributed by atoms with E-state index in [0.29, 0.717) is 60.2 Å². The topological polar surface area (TPSA) is 272 Å². The molecule has 5 heterocycles. The Morgan fingerprint density at radius 1 is 0.561 bits per heavy atom. The van der Waals surface area contributed by atoms with Gasteiger partial charge in [0.2, 0.25) is 22.5 Å². The van der Waals surface area contributed by atoms with Crippen LogP contribution in [0.2, 0.25) is 15.7 Å². The molecular formula is C86H95B2BrCl4N12O9. The van der Waals surface area contributed by atoms with Gasteiger partial charge in [-0.05, 0) is 201 Å². The van der Waals surface area contributed by atoms with Crippen LogP contribution < -0.4 is 40.5 Å². The van der Waals surface area contributed by atoms with E-state index in [-0.39, 0.29) is 28.7 Å². The van der Waals surface area contributed by atoms with Crippen LogP contribution in [0.5, 0.6) is 28.7 Å². The van der Waals surface area contributed by atoms with Crippen LogP contribution in [0.25, 0.3) is 33.8 Å². The van der Waals surface area contributed by atoms with Gasteiger partial charge < -0.3 is 54.8 Å². The van der Waals surface area contributed by atoms with Crippen molar-refractivity contribution in [2.45, 2.75) is 45.2 Å². The summed E-state index contributed by atoms with van der Waals surface area (Å²) >= 11 is 19.8. The summed E-state index contributed by atoms with van der Waals surface area (Å²) in [5, 5.41) is 52.3. The number of fused-ring (bicyclic) bond motifs is 7. The molecule has 0 radical (unpaired) electrons. The van der Waals surface area contributed by atoms with Crippen molar-refractivity contribution >= 4 is 112 Å². The van der Waals surface area contributed by atoms with Gasteiger partial charge in [-0.1, -0.05) is 155 Å². The van der Waals surface area contributed by atoms with E-state index in [1.165, 1.54) is 35.5 Å². The second kappa shape index (κ2) is 55.0. The third kappa shape index (κ3) is 37.8. The summed E-state index contributed by atoms with van der Waals surface area (Å²) in [6, 6.07) is 60.1. The van der Waals surface area contributed by atoms with Crippen LogP contribution in [0.15, 0.2) is 294 Å². The fourth-order valence-corrected chi connectivity index (χ4v) is 10.7. The number of phenols is 1. The molecule has 6 bridgehead atoms. The number of halogens is 5. The zero-order valence-electron chi connectivity index (χ0n) is 63.7. The number of phenolic OH excluding ortho intramolecular Hbond substituents is 1. The first-order valence-electron chi connectivity index (χ1n) is 35.9. The predicted molar refractivity (Wildman–Crippen MR) is 472 cm³/mol. The normalized spacial score (nSPS) is 11.3. The van der Waals surface area contributed by atoms with Crippen LogP contribution in [-0.4, -0.2) is 148 Å². The second-order valence-electron chi connectivity index (χ2n) is 24.4. The molecule has 7 N–H and O–H groups in total. The van der Waals surface area contributed by atoms with E-state index in [2.05, 4.69) is 166 Å². The Bertz CT molecular complexity index is 4700. The number of nitrogens with one attached hydrogen (secondary N) is 2. The Labute approximate surface area is 699 Å². The maximum absolute atomic E-state index is 8.90. The number of hydrogen-bond acceptors (Lipinski definition) is 21. The molecule has 0 spiro atoms. The van der Waals surface area contributed by atoms with Crippen LogP contribution in [0, 0.1) is 0 Å². The molecule has 21 nitrogen and oxygen atoms in total. The summed E-state index contributed by atoms with van der Waals surface area (Å²) in [5.74, 6) is 4.29.